The van der Waals surface area contributed by atoms with Crippen LogP contribution in [0.4, 0.5) is 23.4 Å². The van der Waals surface area contributed by atoms with E-state index < -0.39 is 17.4 Å². The van der Waals surface area contributed by atoms with E-state index in [0.29, 0.717) is 21.7 Å². The molecule has 1 aliphatic carbocycles. The van der Waals surface area contributed by atoms with E-state index in [1.165, 1.54) is 45.9 Å². The van der Waals surface area contributed by atoms with Crippen molar-refractivity contribution in [3.8, 4) is 0 Å². The van der Waals surface area contributed by atoms with Gasteiger partial charge < -0.3 is 9.80 Å². The Kier molecular flexibility index (Phi) is 7.78. The van der Waals surface area contributed by atoms with Crippen LogP contribution in [0.2, 0.25) is 0 Å². The number of aromatic nitrogens is 2. The molecular weight excluding hydrogens is 600 g/mol. The molecule has 3 aromatic rings. The molecule has 3 atom stereocenters. The summed E-state index contributed by atoms with van der Waals surface area (Å²) < 4.78 is 60.2. The molecule has 12 heteroatoms. The lowest BCUT2D eigenvalue weighted by Gasteiger charge is -2.44. The lowest BCUT2D eigenvalue weighted by molar-refractivity contribution is -0.137. The Labute approximate surface area is 254 Å². The van der Waals surface area contributed by atoms with Crippen molar-refractivity contribution >= 4 is 51.3 Å². The van der Waals surface area contributed by atoms with Gasteiger partial charge in [-0.05, 0) is 66.4 Å². The van der Waals surface area contributed by atoms with Crippen molar-refractivity contribution in [2.75, 3.05) is 23.7 Å². The number of thioether (sulfide) groups is 1. The second-order valence-corrected chi connectivity index (χ2v) is 13.1. The first kappa shape index (κ1) is 29.7. The molecule has 2 aromatic heterocycles. The number of carbonyl (C=O) groups is 1. The molecule has 226 valence electrons. The number of nitrogens with zero attached hydrogens (tertiary/aromatic N) is 4. The van der Waals surface area contributed by atoms with E-state index in [0.717, 1.165) is 11.6 Å². The third kappa shape index (κ3) is 5.32. The van der Waals surface area contributed by atoms with Crippen molar-refractivity contribution < 1.29 is 22.4 Å². The smallest absolute Gasteiger partial charge is 0.352 e. The molecule has 0 saturated carbocycles. The normalized spacial score (nSPS) is 22.7. The maximum absolute atomic E-state index is 14.9. The van der Waals surface area contributed by atoms with E-state index in [1.54, 1.807) is 4.90 Å². The lowest BCUT2D eigenvalue weighted by Crippen LogP contribution is -2.58. The predicted molar refractivity (Wildman–Crippen MR) is 163 cm³/mol. The van der Waals surface area contributed by atoms with Crippen LogP contribution in [0.3, 0.4) is 0 Å². The highest BCUT2D eigenvalue weighted by Crippen LogP contribution is 2.49. The highest BCUT2D eigenvalue weighted by atomic mass is 32.2. The Hall–Kier alpha value is -3.38. The van der Waals surface area contributed by atoms with E-state index in [4.69, 9.17) is 0 Å². The van der Waals surface area contributed by atoms with E-state index in [9.17, 15) is 27.2 Å². The predicted octanol–water partition coefficient (Wildman–Crippen LogP) is 7.01. The monoisotopic (exact) mass is 630 g/mol. The second-order valence-electron chi connectivity index (χ2n) is 11.3. The van der Waals surface area contributed by atoms with Crippen LogP contribution in [0.1, 0.15) is 49.3 Å². The number of halogens is 4. The number of thiophene rings is 1. The number of amides is 1. The third-order valence-corrected chi connectivity index (χ3v) is 10.4. The van der Waals surface area contributed by atoms with Gasteiger partial charge in [0.2, 0.25) is 5.91 Å². The summed E-state index contributed by atoms with van der Waals surface area (Å²) in [5.41, 5.74) is 0.469. The zero-order chi connectivity index (χ0) is 30.6. The number of anilines is 1. The Morgan fingerprint density at radius 2 is 1.88 bits per heavy atom. The first-order valence-electron chi connectivity index (χ1n) is 14.1. The van der Waals surface area contributed by atoms with Crippen LogP contribution >= 0.6 is 23.1 Å². The average Bonchev–Trinajstić information content (AvgIpc) is 3.42. The fraction of sp³-hybridized carbons (Fsp3) is 0.387. The first-order chi connectivity index (χ1) is 20.5. The number of hydrogen-bond donors (Lipinski definition) is 0. The zero-order valence-electron chi connectivity index (χ0n) is 23.7. The van der Waals surface area contributed by atoms with E-state index in [2.05, 4.69) is 11.6 Å². The van der Waals surface area contributed by atoms with Gasteiger partial charge in [-0.2, -0.15) is 29.5 Å². The molecule has 0 bridgehead atoms. The molecular formula is C31H30F4N4O2S2. The molecule has 3 aliphatic rings. The van der Waals surface area contributed by atoms with E-state index >= 15 is 0 Å². The minimum Gasteiger partial charge on any atom is -0.352 e. The summed E-state index contributed by atoms with van der Waals surface area (Å²) >= 11 is 2.84. The zero-order valence-corrected chi connectivity index (χ0v) is 25.3. The van der Waals surface area contributed by atoms with Crippen molar-refractivity contribution in [1.82, 2.24) is 14.5 Å². The van der Waals surface area contributed by atoms with Crippen LogP contribution in [0.5, 0.6) is 0 Å². The molecule has 43 heavy (non-hydrogen) atoms. The quantitative estimate of drug-likeness (QED) is 0.229. The Morgan fingerprint density at radius 1 is 1.14 bits per heavy atom. The molecule has 1 fully saturated rings. The molecule has 1 saturated heterocycles. The van der Waals surface area contributed by atoms with Gasteiger partial charge in [-0.1, -0.05) is 12.7 Å². The standard InChI is InChI=1S/C31H30F4N4O2S2/c1-4-25(40)39-17(2)12-37(13-18(39)3)29-23-11-24(31(33,34)35)26(19-5-7-22(32)8-6-19)28-27(23)38(30(41)36-29)14-21(16-43-28)20-9-10-42-15-20/h4-5,7,9-11,15,17-18,21H,1,6,8,12-14,16H2,2-3H3/t17-,18+,21-/m0/s1. The van der Waals surface area contributed by atoms with Gasteiger partial charge in [-0.15, -0.1) is 11.8 Å². The van der Waals surface area contributed by atoms with Gasteiger partial charge in [0, 0.05) is 65.7 Å². The summed E-state index contributed by atoms with van der Waals surface area (Å²) in [5.74, 6) is -0.0884. The molecule has 1 amide bonds. The highest BCUT2D eigenvalue weighted by molar-refractivity contribution is 7.99. The summed E-state index contributed by atoms with van der Waals surface area (Å²) in [5, 5.41) is 4.18. The van der Waals surface area contributed by atoms with Crippen molar-refractivity contribution in [2.45, 2.75) is 62.3 Å². The number of rotatable bonds is 4. The molecule has 4 heterocycles. The maximum Gasteiger partial charge on any atom is 0.417 e. The van der Waals surface area contributed by atoms with Gasteiger partial charge in [0.25, 0.3) is 0 Å². The Morgan fingerprint density at radius 3 is 2.49 bits per heavy atom. The van der Waals surface area contributed by atoms with Crippen LogP contribution < -0.4 is 10.6 Å². The molecule has 0 radical (unpaired) electrons. The topological polar surface area (TPSA) is 58.4 Å². The lowest BCUT2D eigenvalue weighted by atomic mass is 9.91. The molecule has 1 aromatic carbocycles. The number of carbonyl (C=O) groups excluding carboxylic acids is 1. The third-order valence-electron chi connectivity index (χ3n) is 8.42. The van der Waals surface area contributed by atoms with Crippen LogP contribution in [0, 0.1) is 0 Å². The maximum atomic E-state index is 14.9. The second kappa shape index (κ2) is 11.3. The van der Waals surface area contributed by atoms with Gasteiger partial charge in [0.05, 0.1) is 11.1 Å². The van der Waals surface area contributed by atoms with Crippen molar-refractivity contribution in [3.63, 3.8) is 0 Å². The first-order valence-corrected chi connectivity index (χ1v) is 16.0. The number of benzene rings is 1. The molecule has 2 aliphatic heterocycles. The molecule has 6 rings (SSSR count). The summed E-state index contributed by atoms with van der Waals surface area (Å²) in [6, 6.07) is 2.50. The highest BCUT2D eigenvalue weighted by Gasteiger charge is 2.40. The van der Waals surface area contributed by atoms with Crippen molar-refractivity contribution in [3.05, 3.63) is 80.7 Å². The molecule has 0 spiro atoms. The number of piperazine rings is 1. The fourth-order valence-electron chi connectivity index (χ4n) is 6.51. The summed E-state index contributed by atoms with van der Waals surface area (Å²) in [7, 11) is 0. The van der Waals surface area contributed by atoms with Gasteiger partial charge in [0.15, 0.2) is 0 Å². The van der Waals surface area contributed by atoms with Crippen LogP contribution in [0.25, 0.3) is 16.5 Å². The van der Waals surface area contributed by atoms with E-state index in [1.807, 2.05) is 35.6 Å². The molecule has 0 N–H and O–H groups in total. The van der Waals surface area contributed by atoms with Crippen LogP contribution in [-0.2, 0) is 17.5 Å². The average molecular weight is 631 g/mol. The van der Waals surface area contributed by atoms with Gasteiger partial charge >= 0.3 is 11.9 Å². The molecule has 0 unspecified atom stereocenters. The minimum atomic E-state index is -4.71. The number of allylic oxidation sites excluding steroid dienone is 4. The van der Waals surface area contributed by atoms with Crippen molar-refractivity contribution in [1.29, 1.82) is 0 Å². The fourth-order valence-corrected chi connectivity index (χ4v) is 8.66. The number of alkyl halides is 3. The van der Waals surface area contributed by atoms with Gasteiger partial charge in [0.1, 0.15) is 11.6 Å². The summed E-state index contributed by atoms with van der Waals surface area (Å²) in [4.78, 5) is 34.6. The molecule has 6 nitrogen and oxygen atoms in total. The SMILES string of the molecule is C=CC(=O)N1[C@H](C)CN(c2nc(=O)n3c4c(c(C5=CC=C(F)CC5)c(C(F)(F)F)cc24)SC[C@@H](c2ccsc2)C3)C[C@@H]1C. The number of hydrogen-bond acceptors (Lipinski definition) is 6. The van der Waals surface area contributed by atoms with Gasteiger partial charge in [-0.3, -0.25) is 9.36 Å². The Bertz CT molecular complexity index is 1720. The largest absolute Gasteiger partial charge is 0.417 e. The van der Waals surface area contributed by atoms with Crippen LogP contribution in [-0.4, -0.2) is 51.3 Å². The van der Waals surface area contributed by atoms with E-state index in [-0.39, 0.29) is 79.0 Å². The summed E-state index contributed by atoms with van der Waals surface area (Å²) in [6.45, 7) is 8.14. The van der Waals surface area contributed by atoms with Crippen molar-refractivity contribution in [2.24, 2.45) is 0 Å². The van der Waals surface area contributed by atoms with Gasteiger partial charge in [-0.25, -0.2) is 9.18 Å². The minimum absolute atomic E-state index is 0.00755. The van der Waals surface area contributed by atoms with Crippen LogP contribution in [0.15, 0.2) is 63.2 Å². The Balaban J connectivity index is 1.61. The summed E-state index contributed by atoms with van der Waals surface area (Å²) in [6.07, 6.45) is -0.678.